The van der Waals surface area contributed by atoms with Crippen LogP contribution in [0, 0.1) is 17.6 Å². The third-order valence-electron chi connectivity index (χ3n) is 3.47. The van der Waals surface area contributed by atoms with Gasteiger partial charge in [0, 0.05) is 17.6 Å². The molecule has 2 rings (SSSR count). The van der Waals surface area contributed by atoms with Gasteiger partial charge in [-0.1, -0.05) is 15.9 Å². The number of likely N-dealkylation sites (tertiary alicyclic amines) is 1. The van der Waals surface area contributed by atoms with E-state index in [0.717, 1.165) is 17.0 Å². The quantitative estimate of drug-likeness (QED) is 0.679. The van der Waals surface area contributed by atoms with Crippen LogP contribution in [0.15, 0.2) is 16.6 Å². The van der Waals surface area contributed by atoms with Gasteiger partial charge in [0.2, 0.25) is 0 Å². The van der Waals surface area contributed by atoms with Crippen molar-refractivity contribution < 1.29 is 26.7 Å². The summed E-state index contributed by atoms with van der Waals surface area (Å²) in [6, 6.07) is 1.89. The highest BCUT2D eigenvalue weighted by Crippen LogP contribution is 2.34. The molecule has 21 heavy (non-hydrogen) atoms. The molecule has 1 fully saturated rings. The molecule has 1 aliphatic heterocycles. The SMILES string of the molecule is O=C(c1c(F)cc(Br)cc1F)N1CCC(C(F)(F)F)CC1. The number of halogens is 6. The summed E-state index contributed by atoms with van der Waals surface area (Å²) in [5, 5.41) is 0. The van der Waals surface area contributed by atoms with E-state index in [1.54, 1.807) is 0 Å². The molecule has 0 atom stereocenters. The van der Waals surface area contributed by atoms with E-state index in [0.29, 0.717) is 0 Å². The van der Waals surface area contributed by atoms with Crippen LogP contribution in [-0.4, -0.2) is 30.1 Å². The first-order valence-corrected chi connectivity index (χ1v) is 7.00. The Labute approximate surface area is 126 Å². The van der Waals surface area contributed by atoms with Crippen molar-refractivity contribution in [3.63, 3.8) is 0 Å². The van der Waals surface area contributed by atoms with E-state index in [1.165, 1.54) is 0 Å². The number of alkyl halides is 3. The standard InChI is InChI=1S/C13H11BrF5NO/c14-8-5-9(15)11(10(16)6-8)12(21)20-3-1-7(2-4-20)13(17,18)19/h5-7H,1-4H2. The van der Waals surface area contributed by atoms with Crippen LogP contribution in [0.4, 0.5) is 22.0 Å². The predicted octanol–water partition coefficient (Wildman–Crippen LogP) is 4.14. The van der Waals surface area contributed by atoms with E-state index in [4.69, 9.17) is 0 Å². The number of carbonyl (C=O) groups excluding carboxylic acids is 1. The molecule has 8 heteroatoms. The van der Waals surface area contributed by atoms with E-state index in [1.807, 2.05) is 0 Å². The first kappa shape index (κ1) is 16.2. The highest BCUT2D eigenvalue weighted by atomic mass is 79.9. The van der Waals surface area contributed by atoms with Gasteiger partial charge in [0.25, 0.3) is 5.91 Å². The number of piperidine rings is 1. The smallest absolute Gasteiger partial charge is 0.338 e. The molecule has 1 aromatic rings. The molecule has 0 saturated carbocycles. The molecule has 0 unspecified atom stereocenters. The van der Waals surface area contributed by atoms with Gasteiger partial charge in [-0.15, -0.1) is 0 Å². The lowest BCUT2D eigenvalue weighted by Gasteiger charge is -2.33. The van der Waals surface area contributed by atoms with Crippen LogP contribution in [0.3, 0.4) is 0 Å². The summed E-state index contributed by atoms with van der Waals surface area (Å²) in [6.45, 7) is -0.337. The van der Waals surface area contributed by atoms with Crippen molar-refractivity contribution in [3.05, 3.63) is 33.8 Å². The fraction of sp³-hybridized carbons (Fsp3) is 0.462. The molecule has 1 amide bonds. The average Bonchev–Trinajstić information content (AvgIpc) is 2.36. The zero-order chi connectivity index (χ0) is 15.8. The Morgan fingerprint density at radius 1 is 1.14 bits per heavy atom. The normalized spacial score (nSPS) is 17.1. The summed E-state index contributed by atoms with van der Waals surface area (Å²) in [4.78, 5) is 13.1. The van der Waals surface area contributed by atoms with Crippen molar-refractivity contribution >= 4 is 21.8 Å². The number of carbonyl (C=O) groups is 1. The van der Waals surface area contributed by atoms with E-state index in [9.17, 15) is 26.7 Å². The Morgan fingerprint density at radius 2 is 1.62 bits per heavy atom. The lowest BCUT2D eigenvalue weighted by atomic mass is 9.96. The second-order valence-corrected chi connectivity index (χ2v) is 5.77. The van der Waals surface area contributed by atoms with Crippen LogP contribution >= 0.6 is 15.9 Å². The van der Waals surface area contributed by atoms with Crippen LogP contribution in [0.5, 0.6) is 0 Å². The van der Waals surface area contributed by atoms with Crippen LogP contribution in [-0.2, 0) is 0 Å². The zero-order valence-electron chi connectivity index (χ0n) is 10.7. The van der Waals surface area contributed by atoms with E-state index in [2.05, 4.69) is 15.9 Å². The largest absolute Gasteiger partial charge is 0.391 e. The summed E-state index contributed by atoms with van der Waals surface area (Å²) in [7, 11) is 0. The zero-order valence-corrected chi connectivity index (χ0v) is 12.3. The maximum absolute atomic E-state index is 13.7. The van der Waals surface area contributed by atoms with Gasteiger partial charge in [-0.3, -0.25) is 4.79 Å². The highest BCUT2D eigenvalue weighted by Gasteiger charge is 2.42. The van der Waals surface area contributed by atoms with Gasteiger partial charge in [0.1, 0.15) is 17.2 Å². The monoisotopic (exact) mass is 371 g/mol. The molecule has 0 aromatic heterocycles. The van der Waals surface area contributed by atoms with Crippen LogP contribution in [0.1, 0.15) is 23.2 Å². The average molecular weight is 372 g/mol. The summed E-state index contributed by atoms with van der Waals surface area (Å²) < 4.78 is 65.1. The minimum Gasteiger partial charge on any atom is -0.338 e. The molecule has 0 spiro atoms. The first-order chi connectivity index (χ1) is 9.70. The second kappa shape index (κ2) is 5.90. The topological polar surface area (TPSA) is 20.3 Å². The molecule has 0 bridgehead atoms. The second-order valence-electron chi connectivity index (χ2n) is 4.85. The van der Waals surface area contributed by atoms with Crippen molar-refractivity contribution in [1.82, 2.24) is 4.90 Å². The van der Waals surface area contributed by atoms with E-state index < -0.39 is 35.2 Å². The van der Waals surface area contributed by atoms with Gasteiger partial charge < -0.3 is 4.90 Å². The van der Waals surface area contributed by atoms with Gasteiger partial charge in [0.15, 0.2) is 0 Å². The van der Waals surface area contributed by atoms with Crippen molar-refractivity contribution in [2.75, 3.05) is 13.1 Å². The molecule has 1 saturated heterocycles. The molecule has 1 heterocycles. The van der Waals surface area contributed by atoms with Gasteiger partial charge in [-0.25, -0.2) is 8.78 Å². The van der Waals surface area contributed by atoms with Crippen LogP contribution in [0.25, 0.3) is 0 Å². The Morgan fingerprint density at radius 3 is 2.05 bits per heavy atom. The molecule has 2 nitrogen and oxygen atoms in total. The van der Waals surface area contributed by atoms with Crippen LogP contribution < -0.4 is 0 Å². The first-order valence-electron chi connectivity index (χ1n) is 6.20. The highest BCUT2D eigenvalue weighted by molar-refractivity contribution is 9.10. The fourth-order valence-electron chi connectivity index (χ4n) is 2.31. The van der Waals surface area contributed by atoms with E-state index in [-0.39, 0.29) is 30.4 Å². The van der Waals surface area contributed by atoms with Gasteiger partial charge >= 0.3 is 6.18 Å². The molecule has 0 N–H and O–H groups in total. The van der Waals surface area contributed by atoms with Crippen molar-refractivity contribution in [2.24, 2.45) is 5.92 Å². The van der Waals surface area contributed by atoms with Gasteiger partial charge in [-0.2, -0.15) is 13.2 Å². The number of hydrogen-bond acceptors (Lipinski definition) is 1. The maximum atomic E-state index is 13.7. The fourth-order valence-corrected chi connectivity index (χ4v) is 2.72. The lowest BCUT2D eigenvalue weighted by Crippen LogP contribution is -2.42. The molecular weight excluding hydrogens is 361 g/mol. The van der Waals surface area contributed by atoms with Crippen molar-refractivity contribution in [2.45, 2.75) is 19.0 Å². The number of nitrogens with zero attached hydrogens (tertiary/aromatic N) is 1. The summed E-state index contributed by atoms with van der Waals surface area (Å²) in [6.07, 6.45) is -4.81. The minimum absolute atomic E-state index is 0.143. The maximum Gasteiger partial charge on any atom is 0.391 e. The van der Waals surface area contributed by atoms with Crippen LogP contribution in [0.2, 0.25) is 0 Å². The molecular formula is C13H11BrF5NO. The summed E-state index contributed by atoms with van der Waals surface area (Å²) in [5.74, 6) is -4.46. The summed E-state index contributed by atoms with van der Waals surface area (Å²) >= 11 is 2.89. The summed E-state index contributed by atoms with van der Waals surface area (Å²) in [5.41, 5.74) is -0.733. The molecule has 0 aliphatic carbocycles. The van der Waals surface area contributed by atoms with Crippen molar-refractivity contribution in [3.8, 4) is 0 Å². The number of hydrogen-bond donors (Lipinski definition) is 0. The number of rotatable bonds is 1. The Bertz CT molecular complexity index is 529. The van der Waals surface area contributed by atoms with E-state index >= 15 is 0 Å². The molecule has 1 aliphatic rings. The third kappa shape index (κ3) is 3.53. The Kier molecular flexibility index (Phi) is 4.55. The van der Waals surface area contributed by atoms with Crippen molar-refractivity contribution in [1.29, 1.82) is 0 Å². The Hall–Kier alpha value is -1.18. The molecule has 1 aromatic carbocycles. The molecule has 116 valence electrons. The van der Waals surface area contributed by atoms with Gasteiger partial charge in [0.05, 0.1) is 5.92 Å². The number of benzene rings is 1. The minimum atomic E-state index is -4.30. The Balaban J connectivity index is 2.13. The number of amides is 1. The van der Waals surface area contributed by atoms with Gasteiger partial charge in [-0.05, 0) is 25.0 Å². The lowest BCUT2D eigenvalue weighted by molar-refractivity contribution is -0.183. The third-order valence-corrected chi connectivity index (χ3v) is 3.92. The molecule has 0 radical (unpaired) electrons. The predicted molar refractivity (Wildman–Crippen MR) is 68.7 cm³/mol.